The first kappa shape index (κ1) is 14.4. The first-order valence-electron chi connectivity index (χ1n) is 6.60. The largest absolute Gasteiger partial charge is 0.324 e. The van der Waals surface area contributed by atoms with Crippen molar-refractivity contribution in [2.75, 3.05) is 0 Å². The summed E-state index contributed by atoms with van der Waals surface area (Å²) in [6.07, 6.45) is 4.92. The van der Waals surface area contributed by atoms with Crippen LogP contribution in [-0.2, 0) is 0 Å². The van der Waals surface area contributed by atoms with E-state index in [0.29, 0.717) is 11.3 Å². The summed E-state index contributed by atoms with van der Waals surface area (Å²) in [6.45, 7) is 4.69. The number of benzene rings is 1. The van der Waals surface area contributed by atoms with Gasteiger partial charge in [0.25, 0.3) is 0 Å². The number of hydrogen-bond donors (Lipinski definition) is 1. The summed E-state index contributed by atoms with van der Waals surface area (Å²) < 4.78 is 1.03. The van der Waals surface area contributed by atoms with Crippen LogP contribution in [-0.4, -0.2) is 0 Å². The average molecular weight is 331 g/mol. The number of hydrogen-bond acceptors (Lipinski definition) is 1. The van der Waals surface area contributed by atoms with Crippen molar-refractivity contribution in [3.8, 4) is 0 Å². The fourth-order valence-corrected chi connectivity index (χ4v) is 3.89. The highest BCUT2D eigenvalue weighted by molar-refractivity contribution is 9.10. The van der Waals surface area contributed by atoms with Gasteiger partial charge < -0.3 is 5.73 Å². The molecule has 1 atom stereocenters. The molecule has 1 saturated carbocycles. The van der Waals surface area contributed by atoms with Crippen LogP contribution in [0.5, 0.6) is 0 Å². The van der Waals surface area contributed by atoms with Crippen LogP contribution in [0, 0.1) is 11.3 Å². The third kappa shape index (κ3) is 3.09. The molecule has 100 valence electrons. The SMILES string of the molecule is CC1(C)CCC(C(N)c2c(Cl)cccc2Br)CC1. The highest BCUT2D eigenvalue weighted by Crippen LogP contribution is 2.44. The minimum absolute atomic E-state index is 0.0455. The summed E-state index contributed by atoms with van der Waals surface area (Å²) >= 11 is 9.86. The Morgan fingerprint density at radius 3 is 2.50 bits per heavy atom. The third-order valence-corrected chi connectivity index (χ3v) is 5.25. The van der Waals surface area contributed by atoms with E-state index in [4.69, 9.17) is 17.3 Å². The van der Waals surface area contributed by atoms with Gasteiger partial charge in [0.05, 0.1) is 0 Å². The summed E-state index contributed by atoms with van der Waals surface area (Å²) in [5.74, 6) is 0.550. The predicted molar refractivity (Wildman–Crippen MR) is 81.8 cm³/mol. The molecular weight excluding hydrogens is 310 g/mol. The molecule has 0 aromatic heterocycles. The van der Waals surface area contributed by atoms with Crippen LogP contribution < -0.4 is 5.73 Å². The molecule has 0 saturated heterocycles. The van der Waals surface area contributed by atoms with Crippen molar-refractivity contribution in [3.63, 3.8) is 0 Å². The van der Waals surface area contributed by atoms with Crippen molar-refractivity contribution in [3.05, 3.63) is 33.3 Å². The second-order valence-electron chi connectivity index (χ2n) is 6.16. The van der Waals surface area contributed by atoms with Crippen LogP contribution in [0.1, 0.15) is 51.1 Å². The van der Waals surface area contributed by atoms with E-state index in [0.717, 1.165) is 15.1 Å². The molecule has 1 aliphatic carbocycles. The normalized spacial score (nSPS) is 21.8. The quantitative estimate of drug-likeness (QED) is 0.780. The lowest BCUT2D eigenvalue weighted by atomic mass is 9.70. The van der Waals surface area contributed by atoms with Crippen LogP contribution >= 0.6 is 27.5 Å². The molecule has 0 aliphatic heterocycles. The molecule has 0 bridgehead atoms. The van der Waals surface area contributed by atoms with Crippen molar-refractivity contribution >= 4 is 27.5 Å². The molecule has 2 N–H and O–H groups in total. The first-order valence-corrected chi connectivity index (χ1v) is 7.77. The van der Waals surface area contributed by atoms with Crippen molar-refractivity contribution in [2.45, 2.75) is 45.6 Å². The fourth-order valence-electron chi connectivity index (χ4n) is 2.85. The van der Waals surface area contributed by atoms with E-state index in [1.807, 2.05) is 18.2 Å². The molecule has 0 amide bonds. The van der Waals surface area contributed by atoms with Gasteiger partial charge in [0.15, 0.2) is 0 Å². The van der Waals surface area contributed by atoms with Crippen molar-refractivity contribution in [1.82, 2.24) is 0 Å². The molecule has 1 nitrogen and oxygen atoms in total. The molecule has 2 rings (SSSR count). The summed E-state index contributed by atoms with van der Waals surface area (Å²) in [5, 5.41) is 0.779. The van der Waals surface area contributed by atoms with E-state index in [1.165, 1.54) is 25.7 Å². The van der Waals surface area contributed by atoms with Gasteiger partial charge in [-0.15, -0.1) is 0 Å². The molecule has 3 heteroatoms. The van der Waals surface area contributed by atoms with Gasteiger partial charge in [-0.3, -0.25) is 0 Å². The van der Waals surface area contributed by atoms with Crippen LogP contribution in [0.25, 0.3) is 0 Å². The van der Waals surface area contributed by atoms with Gasteiger partial charge in [-0.25, -0.2) is 0 Å². The second-order valence-corrected chi connectivity index (χ2v) is 7.42. The molecule has 1 fully saturated rings. The summed E-state index contributed by atoms with van der Waals surface area (Å²) in [4.78, 5) is 0. The van der Waals surface area contributed by atoms with Gasteiger partial charge in [0, 0.05) is 21.1 Å². The maximum Gasteiger partial charge on any atom is 0.0465 e. The van der Waals surface area contributed by atoms with E-state index >= 15 is 0 Å². The summed E-state index contributed by atoms with van der Waals surface area (Å²) in [6, 6.07) is 5.94. The minimum atomic E-state index is 0.0455. The van der Waals surface area contributed by atoms with E-state index in [-0.39, 0.29) is 6.04 Å². The van der Waals surface area contributed by atoms with E-state index in [9.17, 15) is 0 Å². The maximum atomic E-state index is 6.45. The molecule has 0 heterocycles. The lowest BCUT2D eigenvalue weighted by Crippen LogP contribution is -2.29. The predicted octanol–water partition coefficient (Wildman–Crippen LogP) is 5.32. The van der Waals surface area contributed by atoms with Crippen LogP contribution in [0.3, 0.4) is 0 Å². The van der Waals surface area contributed by atoms with Gasteiger partial charge in [0.1, 0.15) is 0 Å². The Hall–Kier alpha value is -0.0500. The zero-order valence-corrected chi connectivity index (χ0v) is 13.4. The number of rotatable bonds is 2. The Labute approximate surface area is 123 Å². The molecule has 1 aliphatic rings. The van der Waals surface area contributed by atoms with Crippen molar-refractivity contribution in [1.29, 1.82) is 0 Å². The third-order valence-electron chi connectivity index (χ3n) is 4.22. The monoisotopic (exact) mass is 329 g/mol. The van der Waals surface area contributed by atoms with Gasteiger partial charge in [-0.2, -0.15) is 0 Å². The first-order chi connectivity index (χ1) is 8.41. The van der Waals surface area contributed by atoms with E-state index in [1.54, 1.807) is 0 Å². The standard InChI is InChI=1S/C15H21BrClN/c1-15(2)8-6-10(7-9-15)14(18)13-11(16)4-3-5-12(13)17/h3-5,10,14H,6-9,18H2,1-2H3. The van der Waals surface area contributed by atoms with Crippen molar-refractivity contribution in [2.24, 2.45) is 17.1 Å². The topological polar surface area (TPSA) is 26.0 Å². The van der Waals surface area contributed by atoms with E-state index < -0.39 is 0 Å². The van der Waals surface area contributed by atoms with Gasteiger partial charge >= 0.3 is 0 Å². The second kappa shape index (κ2) is 5.52. The summed E-state index contributed by atoms with van der Waals surface area (Å²) in [5.41, 5.74) is 8.00. The lowest BCUT2D eigenvalue weighted by molar-refractivity contribution is 0.173. The van der Waals surface area contributed by atoms with Gasteiger partial charge in [0.2, 0.25) is 0 Å². The molecule has 1 aromatic carbocycles. The fraction of sp³-hybridized carbons (Fsp3) is 0.600. The van der Waals surface area contributed by atoms with Crippen LogP contribution in [0.15, 0.2) is 22.7 Å². The minimum Gasteiger partial charge on any atom is -0.324 e. The van der Waals surface area contributed by atoms with Crippen molar-refractivity contribution < 1.29 is 0 Å². The average Bonchev–Trinajstić information content (AvgIpc) is 2.28. The van der Waals surface area contributed by atoms with Crippen LogP contribution in [0.2, 0.25) is 5.02 Å². The Balaban J connectivity index is 2.15. The Kier molecular flexibility index (Phi) is 4.40. The van der Waals surface area contributed by atoms with Gasteiger partial charge in [-0.1, -0.05) is 47.4 Å². The maximum absolute atomic E-state index is 6.45. The Morgan fingerprint density at radius 1 is 1.33 bits per heavy atom. The number of nitrogens with two attached hydrogens (primary N) is 1. The highest BCUT2D eigenvalue weighted by Gasteiger charge is 2.31. The Bertz CT molecular complexity index is 400. The molecule has 1 unspecified atom stereocenters. The Morgan fingerprint density at radius 2 is 1.94 bits per heavy atom. The molecule has 18 heavy (non-hydrogen) atoms. The molecule has 0 spiro atoms. The van der Waals surface area contributed by atoms with Crippen LogP contribution in [0.4, 0.5) is 0 Å². The lowest BCUT2D eigenvalue weighted by Gasteiger charge is -2.37. The molecule has 1 aromatic rings. The molecule has 0 radical (unpaired) electrons. The highest BCUT2D eigenvalue weighted by atomic mass is 79.9. The summed E-state index contributed by atoms with van der Waals surface area (Å²) in [7, 11) is 0. The van der Waals surface area contributed by atoms with Gasteiger partial charge in [-0.05, 0) is 49.1 Å². The van der Waals surface area contributed by atoms with E-state index in [2.05, 4.69) is 29.8 Å². The zero-order chi connectivity index (χ0) is 13.3. The molecular formula is C15H21BrClN. The zero-order valence-electron chi connectivity index (χ0n) is 11.0. The smallest absolute Gasteiger partial charge is 0.0465 e. The number of halogens is 2.